The third kappa shape index (κ3) is 4.17. The second kappa shape index (κ2) is 8.15. The molecule has 0 radical (unpaired) electrons. The van der Waals surface area contributed by atoms with E-state index in [1.54, 1.807) is 12.4 Å². The summed E-state index contributed by atoms with van der Waals surface area (Å²) in [5, 5.41) is 3.79. The van der Waals surface area contributed by atoms with Gasteiger partial charge in [-0.15, -0.1) is 0 Å². The molecule has 1 amide bonds. The fraction of sp³-hybridized carbons (Fsp3) is 0.286. The molecule has 0 bridgehead atoms. The van der Waals surface area contributed by atoms with Gasteiger partial charge in [0.1, 0.15) is 0 Å². The van der Waals surface area contributed by atoms with E-state index in [2.05, 4.69) is 26.2 Å². The van der Waals surface area contributed by atoms with E-state index in [0.717, 1.165) is 39.5 Å². The first kappa shape index (κ1) is 18.1. The highest BCUT2D eigenvalue weighted by atomic mass is 79.9. The fourth-order valence-corrected chi connectivity index (χ4v) is 3.44. The van der Waals surface area contributed by atoms with Gasteiger partial charge in [-0.3, -0.25) is 9.78 Å². The number of halogens is 1. The number of benzene rings is 1. The van der Waals surface area contributed by atoms with Crippen LogP contribution in [0.5, 0.6) is 0 Å². The van der Waals surface area contributed by atoms with Gasteiger partial charge in [0, 0.05) is 34.4 Å². The number of rotatable bonds is 6. The molecule has 6 heteroatoms. The van der Waals surface area contributed by atoms with Gasteiger partial charge in [-0.25, -0.2) is 4.98 Å². The Balaban J connectivity index is 1.60. The number of aromatic nitrogens is 2. The number of carbonyl (C=O) groups excluding carboxylic acids is 1. The van der Waals surface area contributed by atoms with Crippen molar-refractivity contribution in [2.45, 2.75) is 25.4 Å². The molecule has 5 nitrogen and oxygen atoms in total. The van der Waals surface area contributed by atoms with Crippen LogP contribution >= 0.6 is 15.9 Å². The lowest BCUT2D eigenvalue weighted by Crippen LogP contribution is -2.30. The number of hydrogen-bond donors (Lipinski definition) is 1. The molecule has 1 aromatic carbocycles. The molecule has 0 saturated heterocycles. The average Bonchev–Trinajstić information content (AvgIpc) is 2.66. The van der Waals surface area contributed by atoms with Crippen LogP contribution in [0.3, 0.4) is 0 Å². The zero-order valence-electron chi connectivity index (χ0n) is 14.8. The summed E-state index contributed by atoms with van der Waals surface area (Å²) in [5.74, 6) is -0.118. The number of ether oxygens (including phenoxy) is 1. The largest absolute Gasteiger partial charge is 0.376 e. The molecule has 2 heterocycles. The van der Waals surface area contributed by atoms with Crippen LogP contribution in [-0.4, -0.2) is 35.1 Å². The van der Waals surface area contributed by atoms with Crippen molar-refractivity contribution >= 4 is 32.7 Å². The Kier molecular flexibility index (Phi) is 5.45. The van der Waals surface area contributed by atoms with Crippen molar-refractivity contribution in [3.63, 3.8) is 0 Å². The van der Waals surface area contributed by atoms with Gasteiger partial charge in [-0.05, 0) is 55.7 Å². The predicted molar refractivity (Wildman–Crippen MR) is 109 cm³/mol. The van der Waals surface area contributed by atoms with Gasteiger partial charge < -0.3 is 10.1 Å². The molecule has 1 aliphatic rings. The molecule has 1 saturated carbocycles. The fourth-order valence-electron chi connectivity index (χ4n) is 3.08. The zero-order chi connectivity index (χ0) is 18.6. The molecule has 1 N–H and O–H groups in total. The summed E-state index contributed by atoms with van der Waals surface area (Å²) in [6.07, 6.45) is 7.32. The summed E-state index contributed by atoms with van der Waals surface area (Å²) in [4.78, 5) is 21.6. The average molecular weight is 426 g/mol. The molecular weight excluding hydrogens is 406 g/mol. The SMILES string of the molecule is O=C(NCCOC1CCC1)c1cc(-c2ccncc2)nc2ccc(Br)cc12. The van der Waals surface area contributed by atoms with Gasteiger partial charge >= 0.3 is 0 Å². The number of pyridine rings is 2. The molecule has 27 heavy (non-hydrogen) atoms. The summed E-state index contributed by atoms with van der Waals surface area (Å²) in [7, 11) is 0. The van der Waals surface area contributed by atoms with Gasteiger partial charge in [-0.1, -0.05) is 15.9 Å². The maximum atomic E-state index is 12.9. The van der Waals surface area contributed by atoms with Crippen LogP contribution in [0.4, 0.5) is 0 Å². The van der Waals surface area contributed by atoms with Crippen molar-refractivity contribution in [1.29, 1.82) is 0 Å². The Labute approximate surface area is 166 Å². The van der Waals surface area contributed by atoms with Crippen LogP contribution in [-0.2, 0) is 4.74 Å². The first-order valence-corrected chi connectivity index (χ1v) is 9.90. The van der Waals surface area contributed by atoms with Crippen LogP contribution in [0.2, 0.25) is 0 Å². The van der Waals surface area contributed by atoms with Crippen molar-refractivity contribution in [3.8, 4) is 11.3 Å². The van der Waals surface area contributed by atoms with E-state index < -0.39 is 0 Å². The standard InChI is InChI=1S/C21H20BrN3O2/c22-15-4-5-19-17(12-15)18(13-20(25-19)14-6-8-23-9-7-14)21(26)24-10-11-27-16-2-1-3-16/h4-9,12-13,16H,1-3,10-11H2,(H,24,26). The molecule has 1 fully saturated rings. The summed E-state index contributed by atoms with van der Waals surface area (Å²) in [6.45, 7) is 1.04. The topological polar surface area (TPSA) is 64.1 Å². The first-order chi connectivity index (χ1) is 13.2. The van der Waals surface area contributed by atoms with E-state index in [1.165, 1.54) is 6.42 Å². The molecule has 1 aliphatic carbocycles. The summed E-state index contributed by atoms with van der Waals surface area (Å²) in [6, 6.07) is 11.4. The van der Waals surface area contributed by atoms with Gasteiger partial charge in [-0.2, -0.15) is 0 Å². The molecule has 3 aromatic rings. The first-order valence-electron chi connectivity index (χ1n) is 9.11. The van der Waals surface area contributed by atoms with Gasteiger partial charge in [0.25, 0.3) is 5.91 Å². The molecule has 0 unspecified atom stereocenters. The van der Waals surface area contributed by atoms with Crippen molar-refractivity contribution in [3.05, 3.63) is 58.8 Å². The molecular formula is C21H20BrN3O2. The van der Waals surface area contributed by atoms with E-state index >= 15 is 0 Å². The molecule has 2 aromatic heterocycles. The number of nitrogens with one attached hydrogen (secondary N) is 1. The Hall–Kier alpha value is -2.31. The second-order valence-electron chi connectivity index (χ2n) is 6.63. The second-order valence-corrected chi connectivity index (χ2v) is 7.55. The predicted octanol–water partition coefficient (Wildman–Crippen LogP) is 4.36. The minimum Gasteiger partial charge on any atom is -0.376 e. The normalized spacial score (nSPS) is 14.1. The highest BCUT2D eigenvalue weighted by Crippen LogP contribution is 2.27. The van der Waals surface area contributed by atoms with Crippen LogP contribution < -0.4 is 5.32 Å². The van der Waals surface area contributed by atoms with Crippen molar-refractivity contribution in [2.24, 2.45) is 0 Å². The van der Waals surface area contributed by atoms with Crippen LogP contribution in [0.1, 0.15) is 29.6 Å². The number of hydrogen-bond acceptors (Lipinski definition) is 4. The lowest BCUT2D eigenvalue weighted by atomic mass is 9.96. The van der Waals surface area contributed by atoms with Crippen LogP contribution in [0, 0.1) is 0 Å². The monoisotopic (exact) mass is 425 g/mol. The third-order valence-electron chi connectivity index (χ3n) is 4.78. The molecule has 4 rings (SSSR count). The minimum atomic E-state index is -0.118. The Morgan fingerprint density at radius 1 is 1.19 bits per heavy atom. The van der Waals surface area contributed by atoms with E-state index in [1.807, 2.05) is 36.4 Å². The lowest BCUT2D eigenvalue weighted by Gasteiger charge is -2.25. The van der Waals surface area contributed by atoms with Gasteiger partial charge in [0.2, 0.25) is 0 Å². The Morgan fingerprint density at radius 2 is 2.00 bits per heavy atom. The molecule has 0 spiro atoms. The molecule has 138 valence electrons. The maximum absolute atomic E-state index is 12.9. The zero-order valence-corrected chi connectivity index (χ0v) is 16.4. The Morgan fingerprint density at radius 3 is 2.74 bits per heavy atom. The number of amides is 1. The van der Waals surface area contributed by atoms with E-state index in [9.17, 15) is 4.79 Å². The summed E-state index contributed by atoms with van der Waals surface area (Å²) < 4.78 is 6.64. The Bertz CT molecular complexity index is 958. The highest BCUT2D eigenvalue weighted by Gasteiger charge is 2.18. The van der Waals surface area contributed by atoms with Crippen LogP contribution in [0.25, 0.3) is 22.2 Å². The van der Waals surface area contributed by atoms with Crippen molar-refractivity contribution in [2.75, 3.05) is 13.2 Å². The smallest absolute Gasteiger partial charge is 0.252 e. The lowest BCUT2D eigenvalue weighted by molar-refractivity contribution is 0.00441. The van der Waals surface area contributed by atoms with Crippen molar-refractivity contribution in [1.82, 2.24) is 15.3 Å². The van der Waals surface area contributed by atoms with Crippen molar-refractivity contribution < 1.29 is 9.53 Å². The third-order valence-corrected chi connectivity index (χ3v) is 5.28. The molecule has 0 atom stereocenters. The number of nitrogens with zero attached hydrogens (tertiary/aromatic N) is 2. The quantitative estimate of drug-likeness (QED) is 0.595. The highest BCUT2D eigenvalue weighted by molar-refractivity contribution is 9.10. The van der Waals surface area contributed by atoms with E-state index in [-0.39, 0.29) is 5.91 Å². The maximum Gasteiger partial charge on any atom is 0.252 e. The minimum absolute atomic E-state index is 0.118. The van der Waals surface area contributed by atoms with Crippen LogP contribution in [0.15, 0.2) is 53.3 Å². The van der Waals surface area contributed by atoms with E-state index in [0.29, 0.717) is 24.8 Å². The number of fused-ring (bicyclic) bond motifs is 1. The van der Waals surface area contributed by atoms with Gasteiger partial charge in [0.05, 0.1) is 29.5 Å². The molecule has 0 aliphatic heterocycles. The van der Waals surface area contributed by atoms with E-state index in [4.69, 9.17) is 9.72 Å². The van der Waals surface area contributed by atoms with Gasteiger partial charge in [0.15, 0.2) is 0 Å². The summed E-state index contributed by atoms with van der Waals surface area (Å²) in [5.41, 5.74) is 3.07. The number of carbonyl (C=O) groups is 1. The summed E-state index contributed by atoms with van der Waals surface area (Å²) >= 11 is 3.49.